The molecule has 2 N–H and O–H groups in total. The molecule has 132 valence electrons. The van der Waals surface area contributed by atoms with Crippen LogP contribution in [0.15, 0.2) is 42.9 Å². The Balaban J connectivity index is 1.50. The van der Waals surface area contributed by atoms with E-state index in [1.807, 2.05) is 12.4 Å². The Kier molecular flexibility index (Phi) is 3.38. The standard InChI is InChI=1S/C20H22N6/c1-13-4-3-5-17(14(13)2)25-11-19-21-8-9-26(19)20(12-25)22-18-10-16(23-24-18)15-6-7-15/h3-5,8-10,12,15H,6-7,11H2,1-2H3,(H2,22,23,24). The van der Waals surface area contributed by atoms with Crippen LogP contribution in [0.2, 0.25) is 0 Å². The van der Waals surface area contributed by atoms with Gasteiger partial charge in [0.15, 0.2) is 5.82 Å². The van der Waals surface area contributed by atoms with E-state index in [-0.39, 0.29) is 0 Å². The van der Waals surface area contributed by atoms with Crippen molar-refractivity contribution in [1.82, 2.24) is 19.7 Å². The summed E-state index contributed by atoms with van der Waals surface area (Å²) in [6.45, 7) is 5.06. The van der Waals surface area contributed by atoms with E-state index in [1.54, 1.807) is 0 Å². The van der Waals surface area contributed by atoms with Gasteiger partial charge in [-0.1, -0.05) is 12.1 Å². The molecule has 6 heteroatoms. The number of nitrogens with zero attached hydrogens (tertiary/aromatic N) is 4. The summed E-state index contributed by atoms with van der Waals surface area (Å²) in [7, 11) is 0. The van der Waals surface area contributed by atoms with E-state index in [2.05, 4.69) is 74.3 Å². The van der Waals surface area contributed by atoms with Crippen molar-refractivity contribution in [2.45, 2.75) is 39.2 Å². The van der Waals surface area contributed by atoms with Gasteiger partial charge in [-0.05, 0) is 43.9 Å². The maximum absolute atomic E-state index is 4.53. The third-order valence-electron chi connectivity index (χ3n) is 5.32. The fourth-order valence-corrected chi connectivity index (χ4v) is 3.51. The first-order chi connectivity index (χ1) is 12.7. The molecule has 2 aromatic heterocycles. The number of nitrogens with one attached hydrogen (secondary N) is 2. The van der Waals surface area contributed by atoms with Crippen molar-refractivity contribution < 1.29 is 0 Å². The van der Waals surface area contributed by atoms with Crippen LogP contribution in [0.1, 0.15) is 41.4 Å². The molecular formula is C20H22N6. The maximum atomic E-state index is 4.53. The molecule has 0 amide bonds. The SMILES string of the molecule is Cc1cccc(N2C=C(Nc3cc(C4CC4)[nH]n3)n3ccnc3C2)c1C. The van der Waals surface area contributed by atoms with Gasteiger partial charge < -0.3 is 10.2 Å². The second-order valence-electron chi connectivity index (χ2n) is 7.18. The van der Waals surface area contributed by atoms with E-state index in [9.17, 15) is 0 Å². The lowest BCUT2D eigenvalue weighted by molar-refractivity contribution is 0.803. The monoisotopic (exact) mass is 346 g/mol. The minimum atomic E-state index is 0.661. The highest BCUT2D eigenvalue weighted by molar-refractivity contribution is 5.70. The van der Waals surface area contributed by atoms with Crippen LogP contribution in [0.5, 0.6) is 0 Å². The number of hydrogen-bond acceptors (Lipinski definition) is 4. The molecule has 3 aromatic rings. The first-order valence-electron chi connectivity index (χ1n) is 9.08. The van der Waals surface area contributed by atoms with Crippen molar-refractivity contribution in [2.24, 2.45) is 0 Å². The van der Waals surface area contributed by atoms with Gasteiger partial charge in [-0.3, -0.25) is 9.67 Å². The average Bonchev–Trinajstić information content (AvgIpc) is 3.19. The largest absolute Gasteiger partial charge is 0.337 e. The smallest absolute Gasteiger partial charge is 0.153 e. The number of rotatable bonds is 4. The number of aromatic amines is 1. The van der Waals surface area contributed by atoms with Gasteiger partial charge in [0.2, 0.25) is 0 Å². The van der Waals surface area contributed by atoms with Crippen molar-refractivity contribution in [3.8, 4) is 0 Å². The summed E-state index contributed by atoms with van der Waals surface area (Å²) in [5.74, 6) is 3.47. The third-order valence-corrected chi connectivity index (χ3v) is 5.32. The predicted molar refractivity (Wildman–Crippen MR) is 103 cm³/mol. The van der Waals surface area contributed by atoms with Gasteiger partial charge in [-0.15, -0.1) is 0 Å². The first-order valence-corrected chi connectivity index (χ1v) is 9.08. The maximum Gasteiger partial charge on any atom is 0.153 e. The summed E-state index contributed by atoms with van der Waals surface area (Å²) in [6, 6.07) is 8.53. The van der Waals surface area contributed by atoms with E-state index in [0.717, 1.165) is 24.0 Å². The van der Waals surface area contributed by atoms with Gasteiger partial charge in [0.25, 0.3) is 0 Å². The molecule has 6 nitrogen and oxygen atoms in total. The molecule has 1 aliphatic carbocycles. The summed E-state index contributed by atoms with van der Waals surface area (Å²) < 4.78 is 2.09. The highest BCUT2D eigenvalue weighted by atomic mass is 15.3. The van der Waals surface area contributed by atoms with Gasteiger partial charge >= 0.3 is 0 Å². The molecule has 5 rings (SSSR count). The zero-order valence-electron chi connectivity index (χ0n) is 15.0. The average molecular weight is 346 g/mol. The molecule has 0 atom stereocenters. The van der Waals surface area contributed by atoms with Gasteiger partial charge in [-0.2, -0.15) is 5.10 Å². The van der Waals surface area contributed by atoms with Crippen molar-refractivity contribution >= 4 is 17.3 Å². The number of aryl methyl sites for hydroxylation is 1. The topological polar surface area (TPSA) is 61.8 Å². The van der Waals surface area contributed by atoms with Gasteiger partial charge in [0.1, 0.15) is 11.6 Å². The Bertz CT molecular complexity index is 991. The molecule has 2 aliphatic rings. The second kappa shape index (κ2) is 5.76. The molecule has 26 heavy (non-hydrogen) atoms. The highest BCUT2D eigenvalue weighted by Gasteiger charge is 2.26. The van der Waals surface area contributed by atoms with Crippen LogP contribution in [-0.4, -0.2) is 19.7 Å². The quantitative estimate of drug-likeness (QED) is 0.750. The van der Waals surface area contributed by atoms with Gasteiger partial charge in [-0.25, -0.2) is 4.98 Å². The fourth-order valence-electron chi connectivity index (χ4n) is 3.51. The lowest BCUT2D eigenvalue weighted by Gasteiger charge is -2.29. The van der Waals surface area contributed by atoms with Gasteiger partial charge in [0.05, 0.1) is 6.54 Å². The summed E-state index contributed by atoms with van der Waals surface area (Å²) >= 11 is 0. The molecule has 0 saturated heterocycles. The molecule has 0 unspecified atom stereocenters. The first kappa shape index (κ1) is 15.3. The van der Waals surface area contributed by atoms with Crippen LogP contribution in [0.4, 0.5) is 11.5 Å². The molecule has 1 saturated carbocycles. The summed E-state index contributed by atoms with van der Waals surface area (Å²) in [5.41, 5.74) is 5.01. The Morgan fingerprint density at radius 1 is 1.23 bits per heavy atom. The molecule has 1 fully saturated rings. The molecule has 1 aliphatic heterocycles. The summed E-state index contributed by atoms with van der Waals surface area (Å²) in [4.78, 5) is 6.78. The van der Waals surface area contributed by atoms with Crippen LogP contribution in [0, 0.1) is 13.8 Å². The Morgan fingerprint density at radius 2 is 2.12 bits per heavy atom. The number of H-pyrrole nitrogens is 1. The third kappa shape index (κ3) is 2.58. The van der Waals surface area contributed by atoms with Crippen molar-refractivity contribution in [1.29, 1.82) is 0 Å². The van der Waals surface area contributed by atoms with E-state index >= 15 is 0 Å². The van der Waals surface area contributed by atoms with Crippen LogP contribution in [0.3, 0.4) is 0 Å². The lowest BCUT2D eigenvalue weighted by atomic mass is 10.1. The Labute approximate surface area is 152 Å². The summed E-state index contributed by atoms with van der Waals surface area (Å²) in [5, 5.41) is 11.0. The number of aromatic nitrogens is 4. The predicted octanol–water partition coefficient (Wildman–Crippen LogP) is 3.99. The molecule has 0 radical (unpaired) electrons. The minimum absolute atomic E-state index is 0.661. The highest BCUT2D eigenvalue weighted by Crippen LogP contribution is 2.39. The van der Waals surface area contributed by atoms with E-state index in [0.29, 0.717) is 5.92 Å². The van der Waals surface area contributed by atoms with Crippen molar-refractivity contribution in [3.05, 3.63) is 65.5 Å². The van der Waals surface area contributed by atoms with Crippen LogP contribution >= 0.6 is 0 Å². The zero-order valence-corrected chi connectivity index (χ0v) is 15.0. The van der Waals surface area contributed by atoms with E-state index in [4.69, 9.17) is 0 Å². The Hall–Kier alpha value is -3.02. The van der Waals surface area contributed by atoms with Crippen LogP contribution in [-0.2, 0) is 6.54 Å². The van der Waals surface area contributed by atoms with Crippen LogP contribution in [0.25, 0.3) is 5.82 Å². The fraction of sp³-hybridized carbons (Fsp3) is 0.300. The second-order valence-corrected chi connectivity index (χ2v) is 7.18. The number of imidazole rings is 1. The number of hydrogen-bond donors (Lipinski definition) is 2. The van der Waals surface area contributed by atoms with Crippen LogP contribution < -0.4 is 10.2 Å². The molecule has 0 bridgehead atoms. The number of fused-ring (bicyclic) bond motifs is 1. The van der Waals surface area contributed by atoms with Gasteiger partial charge in [0, 0.05) is 42.0 Å². The normalized spacial score (nSPS) is 16.4. The minimum Gasteiger partial charge on any atom is -0.337 e. The van der Waals surface area contributed by atoms with Crippen molar-refractivity contribution in [3.63, 3.8) is 0 Å². The molecule has 1 aromatic carbocycles. The summed E-state index contributed by atoms with van der Waals surface area (Å²) in [6.07, 6.45) is 8.50. The van der Waals surface area contributed by atoms with E-state index in [1.165, 1.54) is 35.3 Å². The van der Waals surface area contributed by atoms with Crippen molar-refractivity contribution in [2.75, 3.05) is 10.2 Å². The lowest BCUT2D eigenvalue weighted by Crippen LogP contribution is -2.27. The molecular weight excluding hydrogens is 324 g/mol. The molecule has 0 spiro atoms. The number of benzene rings is 1. The zero-order chi connectivity index (χ0) is 17.7. The molecule has 3 heterocycles. The van der Waals surface area contributed by atoms with E-state index < -0.39 is 0 Å². The Morgan fingerprint density at radius 3 is 2.96 bits per heavy atom. The number of anilines is 2.